The zero-order chi connectivity index (χ0) is 14.0. The molecule has 0 saturated carbocycles. The number of unbranched alkanes of at least 4 members (excludes halogenated alkanes) is 12. The Morgan fingerprint density at radius 1 is 0.421 bits per heavy atom. The number of hydrogen-bond acceptors (Lipinski definition) is 0. The SMILES string of the molecule is CCCCCCCC[CH2][Al][CH2]CCCCCCCC. The first-order valence-corrected chi connectivity index (χ1v) is 10.9. The summed E-state index contributed by atoms with van der Waals surface area (Å²) in [6, 6.07) is 0. The highest BCUT2D eigenvalue weighted by Crippen LogP contribution is 2.11. The third-order valence-electron chi connectivity index (χ3n) is 4.02. The maximum absolute atomic E-state index is 2.30. The van der Waals surface area contributed by atoms with Gasteiger partial charge in [0.15, 0.2) is 15.2 Å². The fourth-order valence-corrected chi connectivity index (χ4v) is 4.08. The minimum atomic E-state index is 0.790. The average molecular weight is 281 g/mol. The van der Waals surface area contributed by atoms with E-state index in [0.717, 1.165) is 15.2 Å². The normalized spacial score (nSPS) is 10.8. The molecule has 19 heavy (non-hydrogen) atoms. The molecule has 0 bridgehead atoms. The lowest BCUT2D eigenvalue weighted by atomic mass is 10.1. The molecule has 0 rings (SSSR count). The second-order valence-corrected chi connectivity index (χ2v) is 7.84. The smallest absolute Gasteiger partial charge is 0.104 e. The lowest BCUT2D eigenvalue weighted by molar-refractivity contribution is 0.597. The van der Waals surface area contributed by atoms with Crippen molar-refractivity contribution in [2.45, 2.75) is 114 Å². The van der Waals surface area contributed by atoms with Crippen LogP contribution in [0.1, 0.15) is 104 Å². The summed E-state index contributed by atoms with van der Waals surface area (Å²) in [6.07, 6.45) is 20.6. The zero-order valence-electron chi connectivity index (χ0n) is 13.9. The van der Waals surface area contributed by atoms with Crippen molar-refractivity contribution in [2.24, 2.45) is 0 Å². The van der Waals surface area contributed by atoms with Gasteiger partial charge in [-0.1, -0.05) is 104 Å². The van der Waals surface area contributed by atoms with E-state index in [0.29, 0.717) is 0 Å². The Kier molecular flexibility index (Phi) is 19.1. The van der Waals surface area contributed by atoms with Gasteiger partial charge < -0.3 is 0 Å². The van der Waals surface area contributed by atoms with E-state index in [-0.39, 0.29) is 0 Å². The Balaban J connectivity index is 2.88. The van der Waals surface area contributed by atoms with Crippen LogP contribution in [-0.2, 0) is 0 Å². The lowest BCUT2D eigenvalue weighted by Gasteiger charge is -2.02. The first-order valence-electron chi connectivity index (χ1n) is 9.23. The van der Waals surface area contributed by atoms with Crippen molar-refractivity contribution >= 4 is 15.2 Å². The third kappa shape index (κ3) is 18.5. The Morgan fingerprint density at radius 2 is 0.737 bits per heavy atom. The van der Waals surface area contributed by atoms with Crippen LogP contribution in [-0.4, -0.2) is 15.2 Å². The van der Waals surface area contributed by atoms with E-state index in [9.17, 15) is 0 Å². The van der Waals surface area contributed by atoms with Gasteiger partial charge in [0.05, 0.1) is 0 Å². The van der Waals surface area contributed by atoms with Crippen molar-refractivity contribution in [3.05, 3.63) is 0 Å². The van der Waals surface area contributed by atoms with Crippen LogP contribution in [0, 0.1) is 0 Å². The summed E-state index contributed by atoms with van der Waals surface area (Å²) in [5.41, 5.74) is 0. The maximum atomic E-state index is 2.30. The molecule has 113 valence electrons. The van der Waals surface area contributed by atoms with Crippen LogP contribution in [0.15, 0.2) is 0 Å². The summed E-state index contributed by atoms with van der Waals surface area (Å²) in [4.78, 5) is 0. The summed E-state index contributed by atoms with van der Waals surface area (Å²) in [7, 11) is 0. The molecular weight excluding hydrogens is 243 g/mol. The largest absolute Gasteiger partial charge is 0.199 e. The maximum Gasteiger partial charge on any atom is 0.199 e. The molecule has 1 heteroatoms. The molecule has 0 aromatic rings. The fraction of sp³-hybridized carbons (Fsp3) is 1.00. The molecule has 0 saturated heterocycles. The zero-order valence-corrected chi connectivity index (χ0v) is 15.0. The molecule has 0 nitrogen and oxygen atoms in total. The first kappa shape index (κ1) is 19.5. The molecular formula is C18H38Al. The molecule has 0 atom stereocenters. The molecule has 0 fully saturated rings. The van der Waals surface area contributed by atoms with E-state index in [4.69, 9.17) is 0 Å². The predicted molar refractivity (Wildman–Crippen MR) is 91.4 cm³/mol. The molecule has 0 spiro atoms. The van der Waals surface area contributed by atoms with Gasteiger partial charge in [-0.15, -0.1) is 10.6 Å². The summed E-state index contributed by atoms with van der Waals surface area (Å²) >= 11 is 0.790. The van der Waals surface area contributed by atoms with Crippen molar-refractivity contribution in [1.29, 1.82) is 0 Å². The average Bonchev–Trinajstić information content (AvgIpc) is 2.43. The molecule has 0 unspecified atom stereocenters. The fourth-order valence-electron chi connectivity index (χ4n) is 2.64. The molecule has 1 radical (unpaired) electrons. The van der Waals surface area contributed by atoms with E-state index in [1.807, 2.05) is 0 Å². The summed E-state index contributed by atoms with van der Waals surface area (Å²) in [6.45, 7) is 4.60. The molecule has 0 aliphatic carbocycles. The van der Waals surface area contributed by atoms with E-state index in [1.165, 1.54) is 89.9 Å². The van der Waals surface area contributed by atoms with E-state index < -0.39 is 0 Å². The van der Waals surface area contributed by atoms with Crippen LogP contribution in [0.4, 0.5) is 0 Å². The second-order valence-electron chi connectivity index (χ2n) is 6.11. The van der Waals surface area contributed by atoms with Gasteiger partial charge in [-0.3, -0.25) is 0 Å². The van der Waals surface area contributed by atoms with Crippen LogP contribution in [0.2, 0.25) is 10.6 Å². The predicted octanol–water partition coefficient (Wildman–Crippen LogP) is 7.03. The highest BCUT2D eigenvalue weighted by atomic mass is 27.1. The van der Waals surface area contributed by atoms with E-state index in [2.05, 4.69) is 13.8 Å². The Labute approximate surface area is 129 Å². The van der Waals surface area contributed by atoms with Gasteiger partial charge in [0.1, 0.15) is 0 Å². The van der Waals surface area contributed by atoms with Gasteiger partial charge >= 0.3 is 0 Å². The van der Waals surface area contributed by atoms with Crippen molar-refractivity contribution in [3.8, 4) is 0 Å². The molecule has 0 amide bonds. The minimum absolute atomic E-state index is 0.790. The standard InChI is InChI=1S/2C9H19.Al/c2*1-3-5-7-9-8-6-4-2;/h2*1,3-9H2,2H3;. The highest BCUT2D eigenvalue weighted by Gasteiger charge is 1.95. The Bertz CT molecular complexity index is 129. The monoisotopic (exact) mass is 281 g/mol. The number of rotatable bonds is 16. The van der Waals surface area contributed by atoms with Gasteiger partial charge in [0.25, 0.3) is 0 Å². The van der Waals surface area contributed by atoms with Crippen LogP contribution in [0.3, 0.4) is 0 Å². The van der Waals surface area contributed by atoms with Gasteiger partial charge in [-0.2, -0.15) is 0 Å². The lowest BCUT2D eigenvalue weighted by Crippen LogP contribution is -1.90. The van der Waals surface area contributed by atoms with Gasteiger partial charge in [-0.05, 0) is 0 Å². The first-order chi connectivity index (χ1) is 9.41. The van der Waals surface area contributed by atoms with E-state index >= 15 is 0 Å². The van der Waals surface area contributed by atoms with Crippen LogP contribution in [0.5, 0.6) is 0 Å². The van der Waals surface area contributed by atoms with Crippen molar-refractivity contribution in [2.75, 3.05) is 0 Å². The third-order valence-corrected chi connectivity index (χ3v) is 5.66. The highest BCUT2D eigenvalue weighted by molar-refractivity contribution is 6.35. The van der Waals surface area contributed by atoms with Gasteiger partial charge in [-0.25, -0.2) is 0 Å². The molecule has 0 heterocycles. The molecule has 0 aliphatic heterocycles. The van der Waals surface area contributed by atoms with Crippen molar-refractivity contribution in [3.63, 3.8) is 0 Å². The van der Waals surface area contributed by atoms with Crippen LogP contribution >= 0.6 is 0 Å². The topological polar surface area (TPSA) is 0 Å². The van der Waals surface area contributed by atoms with Crippen LogP contribution < -0.4 is 0 Å². The van der Waals surface area contributed by atoms with Crippen molar-refractivity contribution in [1.82, 2.24) is 0 Å². The molecule has 0 N–H and O–H groups in total. The summed E-state index contributed by atoms with van der Waals surface area (Å²) in [5.74, 6) is 0. The Hall–Kier alpha value is 0.532. The summed E-state index contributed by atoms with van der Waals surface area (Å²) < 4.78 is 0. The van der Waals surface area contributed by atoms with Gasteiger partial charge in [0.2, 0.25) is 0 Å². The Morgan fingerprint density at radius 3 is 1.11 bits per heavy atom. The number of hydrogen-bond donors (Lipinski definition) is 0. The van der Waals surface area contributed by atoms with Crippen LogP contribution in [0.25, 0.3) is 0 Å². The van der Waals surface area contributed by atoms with Gasteiger partial charge in [0, 0.05) is 0 Å². The summed E-state index contributed by atoms with van der Waals surface area (Å²) in [5, 5.41) is 3.15. The quantitative estimate of drug-likeness (QED) is 0.210. The molecule has 0 aromatic carbocycles. The van der Waals surface area contributed by atoms with E-state index in [1.54, 1.807) is 10.6 Å². The minimum Gasteiger partial charge on any atom is -0.104 e. The van der Waals surface area contributed by atoms with Crippen molar-refractivity contribution < 1.29 is 0 Å². The molecule has 0 aromatic heterocycles. The second kappa shape index (κ2) is 18.5. The molecule has 0 aliphatic rings.